The molecule has 1 unspecified atom stereocenters. The molecule has 0 radical (unpaired) electrons. The molecule has 0 saturated carbocycles. The number of benzene rings is 3. The summed E-state index contributed by atoms with van der Waals surface area (Å²) in [5.41, 5.74) is 0.433. The van der Waals surface area contributed by atoms with E-state index in [2.05, 4.69) is 15.9 Å². The van der Waals surface area contributed by atoms with Gasteiger partial charge in [-0.3, -0.25) is 24.5 Å². The Morgan fingerprint density at radius 3 is 2.40 bits per heavy atom. The van der Waals surface area contributed by atoms with Crippen LogP contribution in [0.25, 0.3) is 0 Å². The van der Waals surface area contributed by atoms with Crippen molar-refractivity contribution in [1.29, 1.82) is 0 Å². The minimum atomic E-state index is -1.13. The van der Waals surface area contributed by atoms with E-state index in [1.165, 1.54) is 17.0 Å². The van der Waals surface area contributed by atoms with Crippen LogP contribution in [0, 0.1) is 10.1 Å². The van der Waals surface area contributed by atoms with Crippen LogP contribution in [0.5, 0.6) is 0 Å². The minimum Gasteiger partial charge on any atom is -0.322 e. The van der Waals surface area contributed by atoms with Crippen LogP contribution in [0.1, 0.15) is 22.3 Å². The highest BCUT2D eigenvalue weighted by Crippen LogP contribution is 2.31. The Morgan fingerprint density at radius 1 is 1.06 bits per heavy atom. The third-order valence-electron chi connectivity index (χ3n) is 5.53. The monoisotopic (exact) mass is 575 g/mol. The molecule has 1 aliphatic rings. The first-order chi connectivity index (χ1) is 16.7. The number of hydrogen-bond acceptors (Lipinski definition) is 5. The molecule has 11 heteroatoms. The van der Waals surface area contributed by atoms with E-state index < -0.39 is 34.4 Å². The zero-order valence-corrected chi connectivity index (χ0v) is 21.0. The molecule has 0 aliphatic carbocycles. The summed E-state index contributed by atoms with van der Waals surface area (Å²) in [6, 6.07) is 15.9. The number of amides is 3. The number of rotatable bonds is 6. The van der Waals surface area contributed by atoms with Crippen molar-refractivity contribution >= 4 is 68.2 Å². The fraction of sp³-hybridized carbons (Fsp3) is 0.125. The molecule has 4 rings (SSSR count). The first-order valence-corrected chi connectivity index (χ1v) is 11.8. The molecule has 178 valence electrons. The molecule has 3 amide bonds. The maximum atomic E-state index is 13.6. The molecule has 0 spiro atoms. The van der Waals surface area contributed by atoms with Gasteiger partial charge in [0.05, 0.1) is 17.0 Å². The molecule has 1 heterocycles. The van der Waals surface area contributed by atoms with Crippen molar-refractivity contribution in [2.45, 2.75) is 19.0 Å². The van der Waals surface area contributed by atoms with Crippen molar-refractivity contribution in [1.82, 2.24) is 4.90 Å². The number of hydrogen-bond donors (Lipinski definition) is 0. The molecule has 1 aliphatic heterocycles. The lowest BCUT2D eigenvalue weighted by molar-refractivity contribution is -0.384. The van der Waals surface area contributed by atoms with Crippen LogP contribution >= 0.6 is 39.1 Å². The number of carbonyl (C=O) groups excluding carboxylic acids is 3. The summed E-state index contributed by atoms with van der Waals surface area (Å²) in [4.78, 5) is 52.8. The second-order valence-corrected chi connectivity index (χ2v) is 9.44. The van der Waals surface area contributed by atoms with E-state index in [0.717, 1.165) is 15.4 Å². The van der Waals surface area contributed by atoms with Gasteiger partial charge in [-0.15, -0.1) is 0 Å². The standard InChI is InChI=1S/C24H16BrCl2N3O5/c25-16-6-8-17(9-7-16)29-22(31)12-21(24(29)33)28(13-15-3-1-2-4-18(15)26)23(32)14-5-10-19(27)20(11-14)30(34)35/h1-11,21H,12-13H2. The molecular formula is C24H16BrCl2N3O5. The van der Waals surface area contributed by atoms with Gasteiger partial charge in [-0.2, -0.15) is 0 Å². The number of anilines is 1. The van der Waals surface area contributed by atoms with Gasteiger partial charge in [-0.05, 0) is 48.0 Å². The van der Waals surface area contributed by atoms with Crippen LogP contribution < -0.4 is 4.90 Å². The van der Waals surface area contributed by atoms with Crippen molar-refractivity contribution in [3.63, 3.8) is 0 Å². The van der Waals surface area contributed by atoms with Crippen LogP contribution in [0.2, 0.25) is 10.0 Å². The Labute approximate surface area is 218 Å². The van der Waals surface area contributed by atoms with E-state index in [9.17, 15) is 24.5 Å². The van der Waals surface area contributed by atoms with Crippen molar-refractivity contribution in [2.24, 2.45) is 0 Å². The van der Waals surface area contributed by atoms with E-state index in [1.54, 1.807) is 48.5 Å². The maximum Gasteiger partial charge on any atom is 0.288 e. The maximum absolute atomic E-state index is 13.6. The largest absolute Gasteiger partial charge is 0.322 e. The first-order valence-electron chi connectivity index (χ1n) is 10.3. The molecule has 1 atom stereocenters. The second-order valence-electron chi connectivity index (χ2n) is 7.71. The van der Waals surface area contributed by atoms with Gasteiger partial charge >= 0.3 is 0 Å². The number of nitro groups is 1. The van der Waals surface area contributed by atoms with Crippen molar-refractivity contribution in [3.05, 3.63) is 102 Å². The summed E-state index contributed by atoms with van der Waals surface area (Å²) in [7, 11) is 0. The minimum absolute atomic E-state index is 0.0458. The lowest BCUT2D eigenvalue weighted by atomic mass is 10.1. The number of carbonyl (C=O) groups is 3. The van der Waals surface area contributed by atoms with Crippen LogP contribution in [0.4, 0.5) is 11.4 Å². The first kappa shape index (κ1) is 24.8. The van der Waals surface area contributed by atoms with Gasteiger partial charge in [0.25, 0.3) is 17.5 Å². The predicted octanol–water partition coefficient (Wildman–Crippen LogP) is 5.64. The van der Waals surface area contributed by atoms with Gasteiger partial charge in [0, 0.05) is 27.7 Å². The summed E-state index contributed by atoms with van der Waals surface area (Å²) in [6.07, 6.45) is -0.249. The number of nitro benzene ring substituents is 1. The number of imide groups is 1. The van der Waals surface area contributed by atoms with E-state index in [-0.39, 0.29) is 23.6 Å². The van der Waals surface area contributed by atoms with Crippen molar-refractivity contribution < 1.29 is 19.3 Å². The van der Waals surface area contributed by atoms with E-state index in [1.807, 2.05) is 0 Å². The lowest BCUT2D eigenvalue weighted by Crippen LogP contribution is -2.45. The lowest BCUT2D eigenvalue weighted by Gasteiger charge is -2.28. The Hall–Kier alpha value is -3.27. The normalized spacial score (nSPS) is 15.4. The van der Waals surface area contributed by atoms with Gasteiger partial charge in [0.2, 0.25) is 5.91 Å². The Balaban J connectivity index is 1.74. The predicted molar refractivity (Wildman–Crippen MR) is 134 cm³/mol. The van der Waals surface area contributed by atoms with Gasteiger partial charge in [-0.25, -0.2) is 4.90 Å². The summed E-state index contributed by atoms with van der Waals surface area (Å²) in [6.45, 7) is -0.0905. The van der Waals surface area contributed by atoms with Crippen molar-refractivity contribution in [2.75, 3.05) is 4.90 Å². The highest BCUT2D eigenvalue weighted by atomic mass is 79.9. The molecule has 0 aromatic heterocycles. The second kappa shape index (κ2) is 10.2. The summed E-state index contributed by atoms with van der Waals surface area (Å²) in [5, 5.41) is 11.6. The zero-order valence-electron chi connectivity index (χ0n) is 17.9. The molecule has 8 nitrogen and oxygen atoms in total. The van der Waals surface area contributed by atoms with Gasteiger partial charge < -0.3 is 4.90 Å². The third kappa shape index (κ3) is 5.07. The van der Waals surface area contributed by atoms with Gasteiger partial charge in [0.1, 0.15) is 11.1 Å². The van der Waals surface area contributed by atoms with E-state index in [4.69, 9.17) is 23.2 Å². The van der Waals surface area contributed by atoms with Crippen LogP contribution in [-0.2, 0) is 16.1 Å². The highest BCUT2D eigenvalue weighted by Gasteiger charge is 2.44. The average molecular weight is 577 g/mol. The molecular weight excluding hydrogens is 561 g/mol. The van der Waals surface area contributed by atoms with Gasteiger partial charge in [0.15, 0.2) is 0 Å². The highest BCUT2D eigenvalue weighted by molar-refractivity contribution is 9.10. The smallest absolute Gasteiger partial charge is 0.288 e. The van der Waals surface area contributed by atoms with E-state index in [0.29, 0.717) is 16.3 Å². The van der Waals surface area contributed by atoms with Crippen LogP contribution in [0.3, 0.4) is 0 Å². The topological polar surface area (TPSA) is 101 Å². The number of nitrogens with zero attached hydrogens (tertiary/aromatic N) is 3. The Bertz CT molecular complexity index is 1350. The van der Waals surface area contributed by atoms with Crippen LogP contribution in [0.15, 0.2) is 71.2 Å². The van der Waals surface area contributed by atoms with Crippen LogP contribution in [-0.4, -0.2) is 33.6 Å². The SMILES string of the molecule is O=C1CC(N(Cc2ccccc2Cl)C(=O)c2ccc(Cl)c([N+](=O)[O-])c2)C(=O)N1c1ccc(Br)cc1. The Morgan fingerprint density at radius 2 is 1.74 bits per heavy atom. The van der Waals surface area contributed by atoms with Crippen molar-refractivity contribution in [3.8, 4) is 0 Å². The molecule has 3 aromatic rings. The third-order valence-corrected chi connectivity index (χ3v) is 6.75. The fourth-order valence-electron chi connectivity index (χ4n) is 3.81. The zero-order chi connectivity index (χ0) is 25.3. The number of halogens is 3. The quantitative estimate of drug-likeness (QED) is 0.215. The average Bonchev–Trinajstić information content (AvgIpc) is 3.12. The summed E-state index contributed by atoms with van der Waals surface area (Å²) < 4.78 is 0.775. The van der Waals surface area contributed by atoms with Gasteiger partial charge in [-0.1, -0.05) is 57.3 Å². The van der Waals surface area contributed by atoms with E-state index >= 15 is 0 Å². The summed E-state index contributed by atoms with van der Waals surface area (Å²) >= 11 is 15.5. The molecule has 35 heavy (non-hydrogen) atoms. The molecule has 3 aromatic carbocycles. The summed E-state index contributed by atoms with van der Waals surface area (Å²) in [5.74, 6) is -1.73. The molecule has 1 fully saturated rings. The molecule has 0 N–H and O–H groups in total. The Kier molecular flexibility index (Phi) is 7.20. The fourth-order valence-corrected chi connectivity index (χ4v) is 4.45. The molecule has 0 bridgehead atoms. The molecule has 1 saturated heterocycles.